The Kier molecular flexibility index (Phi) is 12.6. The summed E-state index contributed by atoms with van der Waals surface area (Å²) in [5.74, 6) is -0.370. The monoisotopic (exact) mass is 432 g/mol. The second-order valence-corrected chi connectivity index (χ2v) is 7.82. The lowest BCUT2D eigenvalue weighted by atomic mass is 9.92. The number of aliphatic hydroxyl groups excluding tert-OH is 9. The molecule has 3 aliphatic carbocycles. The zero-order valence-corrected chi connectivity index (χ0v) is 16.9. The van der Waals surface area contributed by atoms with Crippen molar-refractivity contribution in [1.29, 1.82) is 0 Å². The molecule has 9 atom stereocenters. The van der Waals surface area contributed by atoms with Gasteiger partial charge in [0, 0.05) is 37.2 Å². The number of hydrogen-bond donors (Lipinski definition) is 9. The van der Waals surface area contributed by atoms with Crippen LogP contribution in [0.4, 0.5) is 0 Å². The van der Waals surface area contributed by atoms with Gasteiger partial charge in [-0.2, -0.15) is 0 Å². The van der Waals surface area contributed by atoms with Gasteiger partial charge in [-0.25, -0.2) is 0 Å². The molecule has 0 radical (unpaired) electrons. The van der Waals surface area contributed by atoms with E-state index in [0.29, 0.717) is 19.3 Å². The van der Waals surface area contributed by atoms with E-state index in [2.05, 4.69) is 0 Å². The first-order valence-electron chi connectivity index (χ1n) is 10.2. The Bertz CT molecular complexity index is 519. The van der Waals surface area contributed by atoms with Crippen LogP contribution in [-0.4, -0.2) is 102 Å². The van der Waals surface area contributed by atoms with Crippen LogP contribution in [0.5, 0.6) is 0 Å². The molecule has 3 aliphatic rings. The summed E-state index contributed by atoms with van der Waals surface area (Å²) in [5, 5.41) is 80.3. The van der Waals surface area contributed by atoms with Gasteiger partial charge >= 0.3 is 0 Å². The fraction of sp³-hybridized carbons (Fsp3) is 0.714. The average Bonchev–Trinajstić information content (AvgIpc) is 2.71. The van der Waals surface area contributed by atoms with Gasteiger partial charge < -0.3 is 46.0 Å². The molecule has 0 spiro atoms. The van der Waals surface area contributed by atoms with E-state index in [1.807, 2.05) is 0 Å². The van der Waals surface area contributed by atoms with Gasteiger partial charge in [0.1, 0.15) is 0 Å². The second kappa shape index (κ2) is 14.0. The van der Waals surface area contributed by atoms with Crippen molar-refractivity contribution in [2.24, 2.45) is 17.8 Å². The van der Waals surface area contributed by atoms with Gasteiger partial charge in [0.15, 0.2) is 0 Å². The number of aliphatic hydroxyl groups is 9. The fourth-order valence-electron chi connectivity index (χ4n) is 3.23. The maximum Gasteiger partial charge on any atom is 0.0980 e. The first kappa shape index (κ1) is 26.9. The molecular weight excluding hydrogens is 396 g/mol. The largest absolute Gasteiger partial charge is 0.396 e. The minimum absolute atomic E-state index is 0.0124. The SMILES string of the molecule is OCC1C=CC(O)C[C@@H]1O.OCC1C=C[C@H](O)[C@@H](O)C1.OC[C@@H]1C=CC(O)C[C@@H]1O. The Morgan fingerprint density at radius 2 is 0.967 bits per heavy atom. The maximum absolute atomic E-state index is 9.17. The van der Waals surface area contributed by atoms with Crippen molar-refractivity contribution in [2.75, 3.05) is 19.8 Å². The highest BCUT2D eigenvalue weighted by Crippen LogP contribution is 2.18. The van der Waals surface area contributed by atoms with Crippen LogP contribution in [0.2, 0.25) is 0 Å². The van der Waals surface area contributed by atoms with E-state index in [9.17, 15) is 0 Å². The van der Waals surface area contributed by atoms with Gasteiger partial charge in [-0.15, -0.1) is 0 Å². The Labute approximate surface area is 176 Å². The van der Waals surface area contributed by atoms with E-state index >= 15 is 0 Å². The zero-order valence-electron chi connectivity index (χ0n) is 16.9. The van der Waals surface area contributed by atoms with Gasteiger partial charge in [-0.05, 0) is 6.42 Å². The molecular formula is C21H36O9. The highest BCUT2D eigenvalue weighted by Gasteiger charge is 2.23. The summed E-state index contributed by atoms with van der Waals surface area (Å²) in [6.07, 6.45) is 7.17. The van der Waals surface area contributed by atoms with Crippen molar-refractivity contribution in [2.45, 2.75) is 55.9 Å². The molecule has 0 aromatic carbocycles. The Morgan fingerprint density at radius 1 is 0.500 bits per heavy atom. The first-order valence-corrected chi connectivity index (χ1v) is 10.2. The minimum atomic E-state index is -0.747. The lowest BCUT2D eigenvalue weighted by Crippen LogP contribution is -2.30. The van der Waals surface area contributed by atoms with Crippen LogP contribution < -0.4 is 0 Å². The van der Waals surface area contributed by atoms with E-state index in [4.69, 9.17) is 46.0 Å². The molecule has 0 amide bonds. The third kappa shape index (κ3) is 9.34. The van der Waals surface area contributed by atoms with Crippen molar-refractivity contribution in [3.8, 4) is 0 Å². The van der Waals surface area contributed by atoms with Crippen LogP contribution in [0.15, 0.2) is 36.5 Å². The van der Waals surface area contributed by atoms with Crippen molar-refractivity contribution in [3.05, 3.63) is 36.5 Å². The van der Waals surface area contributed by atoms with Gasteiger partial charge in [0.2, 0.25) is 0 Å². The average molecular weight is 433 g/mol. The van der Waals surface area contributed by atoms with E-state index in [1.165, 1.54) is 6.08 Å². The van der Waals surface area contributed by atoms with Gasteiger partial charge in [0.25, 0.3) is 0 Å². The molecule has 4 unspecified atom stereocenters. The molecule has 30 heavy (non-hydrogen) atoms. The summed E-state index contributed by atoms with van der Waals surface area (Å²) in [4.78, 5) is 0. The van der Waals surface area contributed by atoms with E-state index in [-0.39, 0.29) is 37.6 Å². The zero-order chi connectivity index (χ0) is 22.7. The van der Waals surface area contributed by atoms with Crippen LogP contribution in [-0.2, 0) is 0 Å². The van der Waals surface area contributed by atoms with Crippen LogP contribution in [0.1, 0.15) is 19.3 Å². The third-order valence-corrected chi connectivity index (χ3v) is 5.29. The predicted molar refractivity (Wildman–Crippen MR) is 109 cm³/mol. The maximum atomic E-state index is 9.17. The minimum Gasteiger partial charge on any atom is -0.396 e. The Morgan fingerprint density at radius 3 is 1.30 bits per heavy atom. The molecule has 0 aromatic rings. The van der Waals surface area contributed by atoms with Gasteiger partial charge in [-0.3, -0.25) is 0 Å². The summed E-state index contributed by atoms with van der Waals surface area (Å²) >= 11 is 0. The topological polar surface area (TPSA) is 182 Å². The smallest absolute Gasteiger partial charge is 0.0980 e. The summed E-state index contributed by atoms with van der Waals surface area (Å²) in [6, 6.07) is 0. The van der Waals surface area contributed by atoms with E-state index in [1.54, 1.807) is 30.4 Å². The molecule has 0 aromatic heterocycles. The fourth-order valence-corrected chi connectivity index (χ4v) is 3.23. The standard InChI is InChI=1S/3C7H12O3/c2*8-4-5-1-2-6(9)3-7(5)10;8-4-5-1-2-6(9)7(10)3-5/h3*1-2,5-10H,3-4H2/t5?,6?,7-;5-,6?,7-;5?,6-,7-/m000/s1. The third-order valence-electron chi connectivity index (χ3n) is 5.29. The molecule has 0 heterocycles. The highest BCUT2D eigenvalue weighted by atomic mass is 16.3. The molecule has 9 nitrogen and oxygen atoms in total. The summed E-state index contributed by atoms with van der Waals surface area (Å²) in [7, 11) is 0. The molecule has 9 N–H and O–H groups in total. The highest BCUT2D eigenvalue weighted by molar-refractivity contribution is 5.03. The van der Waals surface area contributed by atoms with Crippen molar-refractivity contribution < 1.29 is 46.0 Å². The molecule has 174 valence electrons. The van der Waals surface area contributed by atoms with Gasteiger partial charge in [0.05, 0.1) is 49.8 Å². The first-order chi connectivity index (χ1) is 14.2. The van der Waals surface area contributed by atoms with Crippen LogP contribution in [0.25, 0.3) is 0 Å². The van der Waals surface area contributed by atoms with Crippen molar-refractivity contribution in [3.63, 3.8) is 0 Å². The lowest BCUT2D eigenvalue weighted by molar-refractivity contribution is 0.0224. The number of hydrogen-bond acceptors (Lipinski definition) is 9. The van der Waals surface area contributed by atoms with Crippen LogP contribution >= 0.6 is 0 Å². The predicted octanol–water partition coefficient (Wildman–Crippen LogP) is -2.17. The Hall–Kier alpha value is -1.14. The second-order valence-electron chi connectivity index (χ2n) is 7.82. The molecule has 0 bridgehead atoms. The van der Waals surface area contributed by atoms with E-state index in [0.717, 1.165) is 0 Å². The normalized spacial score (nSPS) is 40.1. The lowest BCUT2D eigenvalue weighted by Gasteiger charge is -2.23. The van der Waals surface area contributed by atoms with E-state index < -0.39 is 36.6 Å². The van der Waals surface area contributed by atoms with Crippen LogP contribution in [0, 0.1) is 17.8 Å². The molecule has 0 fully saturated rings. The summed E-state index contributed by atoms with van der Waals surface area (Å²) in [5.41, 5.74) is 0. The molecule has 0 aliphatic heterocycles. The molecule has 0 saturated heterocycles. The molecule has 9 heteroatoms. The summed E-state index contributed by atoms with van der Waals surface area (Å²) in [6.45, 7) is -0.0605. The quantitative estimate of drug-likeness (QED) is 0.224. The van der Waals surface area contributed by atoms with Crippen molar-refractivity contribution in [1.82, 2.24) is 0 Å². The molecule has 3 rings (SSSR count). The van der Waals surface area contributed by atoms with Gasteiger partial charge in [-0.1, -0.05) is 36.5 Å². The van der Waals surface area contributed by atoms with Crippen molar-refractivity contribution >= 4 is 0 Å². The number of rotatable bonds is 3. The van der Waals surface area contributed by atoms with Crippen LogP contribution in [0.3, 0.4) is 0 Å². The molecule has 0 saturated carbocycles. The summed E-state index contributed by atoms with van der Waals surface area (Å²) < 4.78 is 0. The Balaban J connectivity index is 0.000000225.